The second-order valence-electron chi connectivity index (χ2n) is 5.16. The van der Waals surface area contributed by atoms with Gasteiger partial charge in [0.15, 0.2) is 0 Å². The van der Waals surface area contributed by atoms with Crippen LogP contribution in [-0.4, -0.2) is 15.6 Å². The third kappa shape index (κ3) is 2.82. The summed E-state index contributed by atoms with van der Waals surface area (Å²) in [5.41, 5.74) is 0. The molecule has 1 aliphatic rings. The quantitative estimate of drug-likeness (QED) is 0.866. The van der Waals surface area contributed by atoms with Gasteiger partial charge in [0.05, 0.1) is 6.33 Å². The van der Waals surface area contributed by atoms with Crippen LogP contribution in [0.4, 0.5) is 0 Å². The van der Waals surface area contributed by atoms with Gasteiger partial charge in [-0.25, -0.2) is 4.98 Å². The van der Waals surface area contributed by atoms with Gasteiger partial charge in [-0.05, 0) is 37.1 Å². The maximum Gasteiger partial charge on any atom is 0.0946 e. The summed E-state index contributed by atoms with van der Waals surface area (Å²) in [4.78, 5) is 5.57. The molecule has 2 atom stereocenters. The predicted molar refractivity (Wildman–Crippen MR) is 74.6 cm³/mol. The molecular formula is C14H19N3S. The first-order valence-corrected chi connectivity index (χ1v) is 7.46. The molecule has 0 saturated heterocycles. The highest BCUT2D eigenvalue weighted by atomic mass is 32.1. The van der Waals surface area contributed by atoms with Gasteiger partial charge in [0.2, 0.25) is 0 Å². The molecule has 0 bridgehead atoms. The first-order chi connectivity index (χ1) is 8.83. The fraction of sp³-hybridized carbons (Fsp3) is 0.500. The first-order valence-electron chi connectivity index (χ1n) is 6.58. The molecule has 0 aliphatic heterocycles. The molecule has 1 saturated carbocycles. The molecule has 2 unspecified atom stereocenters. The number of hydrogen-bond acceptors (Lipinski definition) is 3. The average molecular weight is 261 g/mol. The lowest BCUT2D eigenvalue weighted by Crippen LogP contribution is -2.34. The standard InChI is InChI=1S/C14H19N3S/c1-11(9-17-7-6-15-10-17)16-14(12-4-5-12)13-3-2-8-18-13/h2-3,6-8,10-12,14,16H,4-5,9H2,1H3. The van der Waals surface area contributed by atoms with E-state index in [4.69, 9.17) is 0 Å². The van der Waals surface area contributed by atoms with E-state index in [1.807, 2.05) is 30.1 Å². The van der Waals surface area contributed by atoms with E-state index in [-0.39, 0.29) is 0 Å². The van der Waals surface area contributed by atoms with Gasteiger partial charge in [-0.3, -0.25) is 0 Å². The van der Waals surface area contributed by atoms with Crippen LogP contribution in [-0.2, 0) is 6.54 Å². The lowest BCUT2D eigenvalue weighted by molar-refractivity contribution is 0.390. The van der Waals surface area contributed by atoms with Gasteiger partial charge in [0, 0.05) is 35.9 Å². The molecule has 2 aromatic heterocycles. The molecule has 4 heteroatoms. The predicted octanol–water partition coefficient (Wildman–Crippen LogP) is 3.07. The van der Waals surface area contributed by atoms with Gasteiger partial charge in [0.25, 0.3) is 0 Å². The Morgan fingerprint density at radius 3 is 3.06 bits per heavy atom. The van der Waals surface area contributed by atoms with E-state index >= 15 is 0 Å². The first kappa shape index (κ1) is 11.9. The molecule has 0 spiro atoms. The van der Waals surface area contributed by atoms with Crippen molar-refractivity contribution in [1.82, 2.24) is 14.9 Å². The Bertz CT molecular complexity index is 459. The summed E-state index contributed by atoms with van der Waals surface area (Å²) in [6, 6.07) is 5.41. The van der Waals surface area contributed by atoms with Crippen LogP contribution in [0.1, 0.15) is 30.7 Å². The smallest absolute Gasteiger partial charge is 0.0946 e. The van der Waals surface area contributed by atoms with Crippen molar-refractivity contribution in [2.24, 2.45) is 5.92 Å². The van der Waals surface area contributed by atoms with Crippen LogP contribution in [0.15, 0.2) is 36.2 Å². The number of aromatic nitrogens is 2. The fourth-order valence-electron chi connectivity index (χ4n) is 2.42. The van der Waals surface area contributed by atoms with E-state index in [2.05, 4.69) is 39.3 Å². The van der Waals surface area contributed by atoms with Crippen LogP contribution in [0.3, 0.4) is 0 Å². The SMILES string of the molecule is CC(Cn1ccnc1)NC(c1cccs1)C1CC1. The fourth-order valence-corrected chi connectivity index (χ4v) is 3.30. The summed E-state index contributed by atoms with van der Waals surface area (Å²) in [6.07, 6.45) is 8.48. The van der Waals surface area contributed by atoms with Crippen LogP contribution in [0, 0.1) is 5.92 Å². The maximum absolute atomic E-state index is 4.09. The summed E-state index contributed by atoms with van der Waals surface area (Å²) in [6.45, 7) is 3.23. The molecule has 0 radical (unpaired) electrons. The molecule has 1 aliphatic carbocycles. The molecule has 1 fully saturated rings. The zero-order valence-corrected chi connectivity index (χ0v) is 11.4. The van der Waals surface area contributed by atoms with E-state index in [1.54, 1.807) is 0 Å². The minimum absolute atomic E-state index is 0.465. The minimum Gasteiger partial charge on any atom is -0.336 e. The molecule has 96 valence electrons. The second-order valence-corrected chi connectivity index (χ2v) is 6.14. The van der Waals surface area contributed by atoms with Crippen molar-refractivity contribution in [2.45, 2.75) is 38.4 Å². The largest absolute Gasteiger partial charge is 0.336 e. The van der Waals surface area contributed by atoms with Crippen LogP contribution in [0.5, 0.6) is 0 Å². The molecule has 3 rings (SSSR count). The Hall–Kier alpha value is -1.13. The highest BCUT2D eigenvalue weighted by Gasteiger charge is 2.33. The van der Waals surface area contributed by atoms with E-state index < -0.39 is 0 Å². The lowest BCUT2D eigenvalue weighted by atomic mass is 10.1. The highest BCUT2D eigenvalue weighted by Crippen LogP contribution is 2.42. The second kappa shape index (κ2) is 5.24. The number of nitrogens with one attached hydrogen (secondary N) is 1. The summed E-state index contributed by atoms with van der Waals surface area (Å²) in [7, 11) is 0. The molecule has 18 heavy (non-hydrogen) atoms. The number of rotatable bonds is 6. The van der Waals surface area contributed by atoms with Gasteiger partial charge in [-0.1, -0.05) is 6.07 Å². The highest BCUT2D eigenvalue weighted by molar-refractivity contribution is 7.10. The summed E-state index contributed by atoms with van der Waals surface area (Å²) < 4.78 is 2.13. The molecule has 2 aromatic rings. The normalized spacial score (nSPS) is 18.7. The van der Waals surface area contributed by atoms with E-state index in [0.717, 1.165) is 12.5 Å². The van der Waals surface area contributed by atoms with Crippen molar-refractivity contribution in [3.8, 4) is 0 Å². The molecule has 0 amide bonds. The van der Waals surface area contributed by atoms with Gasteiger partial charge < -0.3 is 9.88 Å². The molecule has 2 heterocycles. The zero-order chi connectivity index (χ0) is 12.4. The van der Waals surface area contributed by atoms with Crippen LogP contribution >= 0.6 is 11.3 Å². The molecule has 1 N–H and O–H groups in total. The monoisotopic (exact) mass is 261 g/mol. The van der Waals surface area contributed by atoms with Crippen molar-refractivity contribution in [2.75, 3.05) is 0 Å². The summed E-state index contributed by atoms with van der Waals surface area (Å²) >= 11 is 1.87. The van der Waals surface area contributed by atoms with Crippen LogP contribution < -0.4 is 5.32 Å². The van der Waals surface area contributed by atoms with Crippen molar-refractivity contribution in [3.05, 3.63) is 41.1 Å². The lowest BCUT2D eigenvalue weighted by Gasteiger charge is -2.22. The van der Waals surface area contributed by atoms with Gasteiger partial charge >= 0.3 is 0 Å². The Morgan fingerprint density at radius 2 is 2.44 bits per heavy atom. The van der Waals surface area contributed by atoms with E-state index in [1.165, 1.54) is 17.7 Å². The topological polar surface area (TPSA) is 29.9 Å². The van der Waals surface area contributed by atoms with Crippen molar-refractivity contribution in [1.29, 1.82) is 0 Å². The Labute approximate surface area is 112 Å². The Balaban J connectivity index is 1.62. The zero-order valence-electron chi connectivity index (χ0n) is 10.6. The molecular weight excluding hydrogens is 242 g/mol. The third-order valence-corrected chi connectivity index (χ3v) is 4.41. The van der Waals surface area contributed by atoms with Crippen LogP contribution in [0.2, 0.25) is 0 Å². The summed E-state index contributed by atoms with van der Waals surface area (Å²) in [5, 5.41) is 5.95. The molecule has 0 aromatic carbocycles. The number of imidazole rings is 1. The third-order valence-electron chi connectivity index (χ3n) is 3.45. The van der Waals surface area contributed by atoms with Gasteiger partial charge in [-0.15, -0.1) is 11.3 Å². The Kier molecular flexibility index (Phi) is 3.48. The average Bonchev–Trinajstić information content (AvgIpc) is 2.85. The van der Waals surface area contributed by atoms with Gasteiger partial charge in [0.1, 0.15) is 0 Å². The van der Waals surface area contributed by atoms with E-state index in [0.29, 0.717) is 12.1 Å². The maximum atomic E-state index is 4.09. The minimum atomic E-state index is 0.465. The van der Waals surface area contributed by atoms with Crippen molar-refractivity contribution >= 4 is 11.3 Å². The van der Waals surface area contributed by atoms with Gasteiger partial charge in [-0.2, -0.15) is 0 Å². The van der Waals surface area contributed by atoms with Crippen molar-refractivity contribution < 1.29 is 0 Å². The summed E-state index contributed by atoms with van der Waals surface area (Å²) in [5.74, 6) is 0.842. The van der Waals surface area contributed by atoms with Crippen LogP contribution in [0.25, 0.3) is 0 Å². The molecule has 3 nitrogen and oxygen atoms in total. The number of nitrogens with zero attached hydrogens (tertiary/aromatic N) is 2. The Morgan fingerprint density at radius 1 is 1.56 bits per heavy atom. The number of hydrogen-bond donors (Lipinski definition) is 1. The van der Waals surface area contributed by atoms with E-state index in [9.17, 15) is 0 Å². The number of thiophene rings is 1. The van der Waals surface area contributed by atoms with Crippen molar-refractivity contribution in [3.63, 3.8) is 0 Å².